The molecule has 1 aromatic carbocycles. The second kappa shape index (κ2) is 4.77. The average molecular weight is 246 g/mol. The van der Waals surface area contributed by atoms with E-state index in [0.717, 1.165) is 12.1 Å². The van der Waals surface area contributed by atoms with Gasteiger partial charge in [-0.2, -0.15) is 13.2 Å². The molecular weight excluding hydrogens is 233 g/mol. The van der Waals surface area contributed by atoms with Gasteiger partial charge in [-0.25, -0.2) is 0 Å². The van der Waals surface area contributed by atoms with Gasteiger partial charge >= 0.3 is 12.1 Å². The molecule has 0 aromatic heterocycles. The van der Waals surface area contributed by atoms with Crippen LogP contribution < -0.4 is 0 Å². The van der Waals surface area contributed by atoms with Crippen LogP contribution in [-0.2, 0) is 17.4 Å². The Balaban J connectivity index is 3.23. The van der Waals surface area contributed by atoms with Crippen LogP contribution in [0.2, 0.25) is 0 Å². The van der Waals surface area contributed by atoms with Crippen molar-refractivity contribution in [1.29, 1.82) is 0 Å². The van der Waals surface area contributed by atoms with Crippen molar-refractivity contribution in [3.8, 4) is 0 Å². The molecule has 0 radical (unpaired) electrons. The van der Waals surface area contributed by atoms with Crippen LogP contribution >= 0.6 is 0 Å². The summed E-state index contributed by atoms with van der Waals surface area (Å²) in [5.74, 6) is -1.22. The summed E-state index contributed by atoms with van der Waals surface area (Å²) in [5.41, 5.74) is -0.118. The number of alkyl halides is 3. The fourth-order valence-corrected chi connectivity index (χ4v) is 1.49. The van der Waals surface area contributed by atoms with Crippen LogP contribution in [0.5, 0.6) is 0 Å². The first-order valence-electron chi connectivity index (χ1n) is 5.13. The maximum Gasteiger partial charge on any atom is 0.416 e. The zero-order valence-corrected chi connectivity index (χ0v) is 9.51. The van der Waals surface area contributed by atoms with Crippen molar-refractivity contribution in [1.82, 2.24) is 0 Å². The minimum atomic E-state index is -4.45. The number of halogens is 3. The lowest BCUT2D eigenvalue weighted by molar-refractivity contribution is -0.138. The van der Waals surface area contributed by atoms with Gasteiger partial charge in [0.1, 0.15) is 0 Å². The third-order valence-corrected chi connectivity index (χ3v) is 2.36. The van der Waals surface area contributed by atoms with Crippen molar-refractivity contribution >= 4 is 5.97 Å². The minimum absolute atomic E-state index is 0.0788. The van der Waals surface area contributed by atoms with Gasteiger partial charge in [-0.15, -0.1) is 0 Å². The second-order valence-electron chi connectivity index (χ2n) is 4.19. The topological polar surface area (TPSA) is 37.3 Å². The summed E-state index contributed by atoms with van der Waals surface area (Å²) >= 11 is 0. The quantitative estimate of drug-likeness (QED) is 0.886. The average Bonchev–Trinajstić information content (AvgIpc) is 2.14. The summed E-state index contributed by atoms with van der Waals surface area (Å²) in [5, 5.41) is 8.61. The highest BCUT2D eigenvalue weighted by Crippen LogP contribution is 2.32. The number of hydrogen-bond acceptors (Lipinski definition) is 1. The Morgan fingerprint density at radius 3 is 2.29 bits per heavy atom. The van der Waals surface area contributed by atoms with Crippen molar-refractivity contribution in [3.05, 3.63) is 34.9 Å². The molecule has 0 aliphatic rings. The summed E-state index contributed by atoms with van der Waals surface area (Å²) < 4.78 is 37.8. The number of carbonyl (C=O) groups is 1. The summed E-state index contributed by atoms with van der Waals surface area (Å²) in [6.07, 6.45) is -4.85. The van der Waals surface area contributed by atoms with E-state index < -0.39 is 24.1 Å². The molecule has 0 heterocycles. The molecule has 1 N–H and O–H groups in total. The van der Waals surface area contributed by atoms with Crippen LogP contribution in [0.25, 0.3) is 0 Å². The fourth-order valence-electron chi connectivity index (χ4n) is 1.49. The zero-order valence-electron chi connectivity index (χ0n) is 9.51. The molecule has 0 saturated heterocycles. The molecule has 0 atom stereocenters. The van der Waals surface area contributed by atoms with E-state index in [0.29, 0.717) is 5.56 Å². The molecule has 0 saturated carbocycles. The smallest absolute Gasteiger partial charge is 0.416 e. The van der Waals surface area contributed by atoms with Gasteiger partial charge < -0.3 is 5.11 Å². The molecule has 0 aliphatic heterocycles. The van der Waals surface area contributed by atoms with E-state index >= 15 is 0 Å². The molecule has 5 heteroatoms. The van der Waals surface area contributed by atoms with Gasteiger partial charge in [-0.1, -0.05) is 19.9 Å². The molecule has 0 bridgehead atoms. The Morgan fingerprint density at radius 1 is 1.29 bits per heavy atom. The SMILES string of the molecule is CC(C)c1cc(CC(=O)O)cc(C(F)(F)F)c1. The van der Waals surface area contributed by atoms with E-state index in [1.54, 1.807) is 13.8 Å². The van der Waals surface area contributed by atoms with E-state index in [9.17, 15) is 18.0 Å². The molecule has 17 heavy (non-hydrogen) atoms. The van der Waals surface area contributed by atoms with Crippen molar-refractivity contribution in [2.24, 2.45) is 0 Å². The summed E-state index contributed by atoms with van der Waals surface area (Å²) in [7, 11) is 0. The van der Waals surface area contributed by atoms with Gasteiger partial charge in [0, 0.05) is 0 Å². The van der Waals surface area contributed by atoms with Gasteiger partial charge in [0.05, 0.1) is 12.0 Å². The van der Waals surface area contributed by atoms with Gasteiger partial charge in [0.25, 0.3) is 0 Å². The van der Waals surface area contributed by atoms with E-state index in [1.165, 1.54) is 6.07 Å². The monoisotopic (exact) mass is 246 g/mol. The normalized spacial score (nSPS) is 11.9. The highest BCUT2D eigenvalue weighted by molar-refractivity contribution is 5.70. The maximum absolute atomic E-state index is 12.6. The minimum Gasteiger partial charge on any atom is -0.481 e. The van der Waals surface area contributed by atoms with Crippen molar-refractivity contribution in [2.75, 3.05) is 0 Å². The Morgan fingerprint density at radius 2 is 1.88 bits per heavy atom. The van der Waals surface area contributed by atoms with E-state index in [-0.39, 0.29) is 11.5 Å². The number of rotatable bonds is 3. The first-order chi connectivity index (χ1) is 7.70. The Labute approximate surface area is 97.1 Å². The molecule has 1 rings (SSSR count). The number of aliphatic carboxylic acids is 1. The molecular formula is C12H13F3O2. The molecule has 0 spiro atoms. The molecule has 0 aliphatic carbocycles. The lowest BCUT2D eigenvalue weighted by atomic mass is 9.96. The van der Waals surface area contributed by atoms with Crippen LogP contribution in [0, 0.1) is 0 Å². The lowest BCUT2D eigenvalue weighted by Gasteiger charge is -2.13. The molecule has 0 amide bonds. The zero-order chi connectivity index (χ0) is 13.2. The van der Waals surface area contributed by atoms with Crippen LogP contribution in [0.4, 0.5) is 13.2 Å². The predicted molar refractivity (Wildman–Crippen MR) is 56.9 cm³/mol. The highest BCUT2D eigenvalue weighted by atomic mass is 19.4. The number of carboxylic acid groups (broad SMARTS) is 1. The molecule has 94 valence electrons. The predicted octanol–water partition coefficient (Wildman–Crippen LogP) is 3.46. The van der Waals surface area contributed by atoms with Crippen molar-refractivity contribution in [3.63, 3.8) is 0 Å². The van der Waals surface area contributed by atoms with E-state index in [1.807, 2.05) is 0 Å². The fraction of sp³-hybridized carbons (Fsp3) is 0.417. The van der Waals surface area contributed by atoms with E-state index in [2.05, 4.69) is 0 Å². The number of carboxylic acids is 1. The molecule has 1 aromatic rings. The Hall–Kier alpha value is -1.52. The number of hydrogen-bond donors (Lipinski definition) is 1. The summed E-state index contributed by atoms with van der Waals surface area (Å²) in [4.78, 5) is 10.5. The largest absolute Gasteiger partial charge is 0.481 e. The van der Waals surface area contributed by atoms with Gasteiger partial charge in [-0.3, -0.25) is 4.79 Å². The first kappa shape index (κ1) is 13.5. The van der Waals surface area contributed by atoms with Crippen LogP contribution in [-0.4, -0.2) is 11.1 Å². The standard InChI is InChI=1S/C12H13F3O2/c1-7(2)9-3-8(5-11(16)17)4-10(6-9)12(13,14)15/h3-4,6-7H,5H2,1-2H3,(H,16,17). The second-order valence-corrected chi connectivity index (χ2v) is 4.19. The van der Waals surface area contributed by atoms with Crippen LogP contribution in [0.3, 0.4) is 0 Å². The van der Waals surface area contributed by atoms with E-state index in [4.69, 9.17) is 5.11 Å². The Bertz CT molecular complexity index is 422. The lowest BCUT2D eigenvalue weighted by Crippen LogP contribution is -2.09. The van der Waals surface area contributed by atoms with Crippen LogP contribution in [0.15, 0.2) is 18.2 Å². The third kappa shape index (κ3) is 3.76. The van der Waals surface area contributed by atoms with Crippen LogP contribution in [0.1, 0.15) is 36.5 Å². The summed E-state index contributed by atoms with van der Waals surface area (Å²) in [6, 6.07) is 3.46. The van der Waals surface area contributed by atoms with Gasteiger partial charge in [0.2, 0.25) is 0 Å². The maximum atomic E-state index is 12.6. The Kier molecular flexibility index (Phi) is 3.80. The molecule has 0 fully saturated rings. The number of benzene rings is 1. The molecule has 0 unspecified atom stereocenters. The van der Waals surface area contributed by atoms with Gasteiger partial charge in [0.15, 0.2) is 0 Å². The van der Waals surface area contributed by atoms with Crippen molar-refractivity contribution in [2.45, 2.75) is 32.4 Å². The first-order valence-corrected chi connectivity index (χ1v) is 5.13. The third-order valence-electron chi connectivity index (χ3n) is 2.36. The summed E-state index contributed by atoms with van der Waals surface area (Å²) in [6.45, 7) is 3.53. The van der Waals surface area contributed by atoms with Gasteiger partial charge in [-0.05, 0) is 29.2 Å². The highest BCUT2D eigenvalue weighted by Gasteiger charge is 2.31. The van der Waals surface area contributed by atoms with Crippen molar-refractivity contribution < 1.29 is 23.1 Å². The molecule has 2 nitrogen and oxygen atoms in total.